The first kappa shape index (κ1) is 12.7. The first-order valence-corrected chi connectivity index (χ1v) is 5.89. The lowest BCUT2D eigenvalue weighted by Crippen LogP contribution is -2.03. The highest BCUT2D eigenvalue weighted by Crippen LogP contribution is 2.22. The van der Waals surface area contributed by atoms with E-state index in [1.54, 1.807) is 13.2 Å². The molecular formula is C14H13ClFNO. The topological polar surface area (TPSA) is 21.3 Å². The maximum absolute atomic E-state index is 13.5. The minimum Gasteiger partial charge on any atom is -0.496 e. The fourth-order valence-corrected chi connectivity index (χ4v) is 1.84. The Morgan fingerprint density at radius 2 is 2.00 bits per heavy atom. The van der Waals surface area contributed by atoms with Crippen LogP contribution in [0.3, 0.4) is 0 Å². The van der Waals surface area contributed by atoms with Gasteiger partial charge in [-0.15, -0.1) is 0 Å². The zero-order valence-electron chi connectivity index (χ0n) is 9.91. The molecule has 18 heavy (non-hydrogen) atoms. The molecule has 0 saturated carbocycles. The van der Waals surface area contributed by atoms with E-state index in [1.165, 1.54) is 12.1 Å². The van der Waals surface area contributed by atoms with Crippen molar-refractivity contribution in [3.8, 4) is 5.75 Å². The van der Waals surface area contributed by atoms with E-state index in [1.807, 2.05) is 24.3 Å². The minimum absolute atomic E-state index is 0.325. The summed E-state index contributed by atoms with van der Waals surface area (Å²) < 4.78 is 18.7. The van der Waals surface area contributed by atoms with Gasteiger partial charge < -0.3 is 10.1 Å². The van der Waals surface area contributed by atoms with Crippen LogP contribution in [-0.4, -0.2) is 7.11 Å². The number of para-hydroxylation sites is 1. The quantitative estimate of drug-likeness (QED) is 0.899. The summed E-state index contributed by atoms with van der Waals surface area (Å²) in [7, 11) is 1.61. The highest BCUT2D eigenvalue weighted by molar-refractivity contribution is 6.30. The number of benzene rings is 2. The Balaban J connectivity index is 2.14. The SMILES string of the molecule is COc1ccccc1CNc1cc(Cl)ccc1F. The lowest BCUT2D eigenvalue weighted by atomic mass is 10.2. The van der Waals surface area contributed by atoms with E-state index >= 15 is 0 Å². The predicted molar refractivity (Wildman–Crippen MR) is 71.7 cm³/mol. The van der Waals surface area contributed by atoms with Gasteiger partial charge in [-0.3, -0.25) is 0 Å². The van der Waals surface area contributed by atoms with Crippen LogP contribution in [0.15, 0.2) is 42.5 Å². The molecule has 0 aliphatic heterocycles. The second-order valence-corrected chi connectivity index (χ2v) is 4.23. The Labute approximate surface area is 110 Å². The van der Waals surface area contributed by atoms with Crippen LogP contribution in [-0.2, 0) is 6.54 Å². The highest BCUT2D eigenvalue weighted by Gasteiger charge is 2.05. The Morgan fingerprint density at radius 3 is 2.78 bits per heavy atom. The number of rotatable bonds is 4. The molecule has 0 fully saturated rings. The van der Waals surface area contributed by atoms with E-state index in [0.717, 1.165) is 11.3 Å². The summed E-state index contributed by atoms with van der Waals surface area (Å²) in [6.45, 7) is 0.473. The van der Waals surface area contributed by atoms with Crippen molar-refractivity contribution in [3.05, 3.63) is 58.9 Å². The third-order valence-electron chi connectivity index (χ3n) is 2.59. The van der Waals surface area contributed by atoms with E-state index in [0.29, 0.717) is 17.3 Å². The molecule has 2 nitrogen and oxygen atoms in total. The molecule has 94 valence electrons. The van der Waals surface area contributed by atoms with Crippen LogP contribution in [0, 0.1) is 5.82 Å². The van der Waals surface area contributed by atoms with Crippen LogP contribution in [0.2, 0.25) is 5.02 Å². The van der Waals surface area contributed by atoms with Crippen molar-refractivity contribution in [1.29, 1.82) is 0 Å². The Morgan fingerprint density at radius 1 is 1.22 bits per heavy atom. The molecule has 2 rings (SSSR count). The Bertz CT molecular complexity index is 545. The number of hydrogen-bond acceptors (Lipinski definition) is 2. The van der Waals surface area contributed by atoms with Crippen molar-refractivity contribution >= 4 is 17.3 Å². The molecule has 2 aromatic rings. The molecule has 0 aliphatic carbocycles. The first-order valence-electron chi connectivity index (χ1n) is 5.51. The lowest BCUT2D eigenvalue weighted by Gasteiger charge is -2.11. The summed E-state index contributed by atoms with van der Waals surface area (Å²) in [5.41, 5.74) is 1.34. The van der Waals surface area contributed by atoms with Gasteiger partial charge in [0.1, 0.15) is 11.6 Å². The average molecular weight is 266 g/mol. The maximum Gasteiger partial charge on any atom is 0.146 e. The van der Waals surface area contributed by atoms with E-state index in [-0.39, 0.29) is 5.82 Å². The molecule has 0 bridgehead atoms. The van der Waals surface area contributed by atoms with Gasteiger partial charge in [0.15, 0.2) is 0 Å². The van der Waals surface area contributed by atoms with Crippen molar-refractivity contribution < 1.29 is 9.13 Å². The molecule has 0 radical (unpaired) electrons. The Hall–Kier alpha value is -1.74. The molecule has 0 heterocycles. The van der Waals surface area contributed by atoms with Gasteiger partial charge >= 0.3 is 0 Å². The third-order valence-corrected chi connectivity index (χ3v) is 2.83. The van der Waals surface area contributed by atoms with Gasteiger partial charge in [0.2, 0.25) is 0 Å². The number of hydrogen-bond donors (Lipinski definition) is 1. The van der Waals surface area contributed by atoms with Crippen LogP contribution in [0.25, 0.3) is 0 Å². The molecule has 0 aliphatic rings. The number of halogens is 2. The summed E-state index contributed by atoms with van der Waals surface area (Å²) in [5, 5.41) is 3.50. The molecule has 0 aromatic heterocycles. The van der Waals surface area contributed by atoms with Gasteiger partial charge in [0.05, 0.1) is 12.8 Å². The normalized spacial score (nSPS) is 10.2. The maximum atomic E-state index is 13.5. The van der Waals surface area contributed by atoms with Crippen molar-refractivity contribution in [1.82, 2.24) is 0 Å². The van der Waals surface area contributed by atoms with Crippen molar-refractivity contribution in [2.24, 2.45) is 0 Å². The summed E-state index contributed by atoms with van der Waals surface area (Å²) >= 11 is 5.83. The van der Waals surface area contributed by atoms with Crippen molar-refractivity contribution in [3.63, 3.8) is 0 Å². The largest absolute Gasteiger partial charge is 0.496 e. The van der Waals surface area contributed by atoms with Gasteiger partial charge in [0, 0.05) is 17.1 Å². The number of methoxy groups -OCH3 is 1. The van der Waals surface area contributed by atoms with Crippen LogP contribution in [0.1, 0.15) is 5.56 Å². The molecule has 4 heteroatoms. The molecule has 1 N–H and O–H groups in total. The van der Waals surface area contributed by atoms with Crippen LogP contribution in [0.5, 0.6) is 5.75 Å². The fourth-order valence-electron chi connectivity index (χ4n) is 1.67. The van der Waals surface area contributed by atoms with Gasteiger partial charge in [-0.2, -0.15) is 0 Å². The van der Waals surface area contributed by atoms with Crippen LogP contribution >= 0.6 is 11.6 Å². The summed E-state index contributed by atoms with van der Waals surface area (Å²) in [5.74, 6) is 0.446. The zero-order valence-corrected chi connectivity index (χ0v) is 10.7. The smallest absolute Gasteiger partial charge is 0.146 e. The number of ether oxygens (including phenoxy) is 1. The van der Waals surface area contributed by atoms with E-state index in [4.69, 9.17) is 16.3 Å². The second-order valence-electron chi connectivity index (χ2n) is 3.79. The third kappa shape index (κ3) is 2.93. The highest BCUT2D eigenvalue weighted by atomic mass is 35.5. The van der Waals surface area contributed by atoms with Gasteiger partial charge in [0.25, 0.3) is 0 Å². The van der Waals surface area contributed by atoms with E-state index < -0.39 is 0 Å². The molecule has 2 aromatic carbocycles. The molecule has 0 saturated heterocycles. The molecule has 0 spiro atoms. The molecule has 0 unspecified atom stereocenters. The second kappa shape index (κ2) is 5.74. The lowest BCUT2D eigenvalue weighted by molar-refractivity contribution is 0.410. The Kier molecular flexibility index (Phi) is 4.05. The van der Waals surface area contributed by atoms with Gasteiger partial charge in [-0.05, 0) is 24.3 Å². The summed E-state index contributed by atoms with van der Waals surface area (Å²) in [6, 6.07) is 12.0. The van der Waals surface area contributed by atoms with E-state index in [9.17, 15) is 4.39 Å². The van der Waals surface area contributed by atoms with Crippen molar-refractivity contribution in [2.45, 2.75) is 6.54 Å². The molecular weight excluding hydrogens is 253 g/mol. The number of anilines is 1. The molecule has 0 amide bonds. The predicted octanol–water partition coefficient (Wildman–Crippen LogP) is 4.10. The van der Waals surface area contributed by atoms with Gasteiger partial charge in [-0.1, -0.05) is 29.8 Å². The van der Waals surface area contributed by atoms with Crippen LogP contribution in [0.4, 0.5) is 10.1 Å². The fraction of sp³-hybridized carbons (Fsp3) is 0.143. The average Bonchev–Trinajstić information content (AvgIpc) is 2.40. The van der Waals surface area contributed by atoms with E-state index in [2.05, 4.69) is 5.32 Å². The summed E-state index contributed by atoms with van der Waals surface area (Å²) in [4.78, 5) is 0. The molecule has 0 atom stereocenters. The number of nitrogens with one attached hydrogen (secondary N) is 1. The van der Waals surface area contributed by atoms with Gasteiger partial charge in [-0.25, -0.2) is 4.39 Å². The minimum atomic E-state index is -0.325. The van der Waals surface area contributed by atoms with Crippen molar-refractivity contribution in [2.75, 3.05) is 12.4 Å². The monoisotopic (exact) mass is 265 g/mol. The standard InChI is InChI=1S/C14H13ClFNO/c1-18-14-5-3-2-4-10(14)9-17-13-8-11(15)6-7-12(13)16/h2-8,17H,9H2,1H3. The van der Waals surface area contributed by atoms with Crippen LogP contribution < -0.4 is 10.1 Å². The zero-order chi connectivity index (χ0) is 13.0. The summed E-state index contributed by atoms with van der Waals surface area (Å²) in [6.07, 6.45) is 0. The first-order chi connectivity index (χ1) is 8.70.